The van der Waals surface area contributed by atoms with Crippen LogP contribution in [0.25, 0.3) is 0 Å². The molecule has 14 heavy (non-hydrogen) atoms. The summed E-state index contributed by atoms with van der Waals surface area (Å²) in [5, 5.41) is 5.87. The van der Waals surface area contributed by atoms with E-state index < -0.39 is 0 Å². The second-order valence-electron chi connectivity index (χ2n) is 4.26. The Morgan fingerprint density at radius 3 is 2.43 bits per heavy atom. The number of hydrogen-bond acceptors (Lipinski definition) is 3. The van der Waals surface area contributed by atoms with Crippen molar-refractivity contribution in [2.75, 3.05) is 19.7 Å². The fourth-order valence-corrected chi connectivity index (χ4v) is 0.860. The molecule has 4 heteroatoms. The molecule has 0 radical (unpaired) electrons. The van der Waals surface area contributed by atoms with Gasteiger partial charge in [-0.05, 0) is 33.7 Å². The van der Waals surface area contributed by atoms with Crippen LogP contribution < -0.4 is 10.6 Å². The van der Waals surface area contributed by atoms with Gasteiger partial charge < -0.3 is 15.4 Å². The van der Waals surface area contributed by atoms with Gasteiger partial charge in [0, 0.05) is 12.1 Å². The van der Waals surface area contributed by atoms with E-state index in [-0.39, 0.29) is 11.6 Å². The zero-order chi connectivity index (χ0) is 11.0. The van der Waals surface area contributed by atoms with Gasteiger partial charge in [0.05, 0.1) is 0 Å². The lowest BCUT2D eigenvalue weighted by atomic mass is 10.1. The quantitative estimate of drug-likeness (QED) is 0.664. The number of ether oxygens (including phenoxy) is 1. The Balaban J connectivity index is 3.36. The molecular formula is C10H22N2O2. The third-order valence-electron chi connectivity index (χ3n) is 1.42. The van der Waals surface area contributed by atoms with E-state index in [1.54, 1.807) is 0 Å². The summed E-state index contributed by atoms with van der Waals surface area (Å²) in [5.41, 5.74) is -0.228. The predicted molar refractivity (Wildman–Crippen MR) is 57.4 cm³/mol. The normalized spacial score (nSPS) is 11.1. The van der Waals surface area contributed by atoms with Gasteiger partial charge in [0.25, 0.3) is 0 Å². The van der Waals surface area contributed by atoms with Gasteiger partial charge in [-0.25, -0.2) is 4.79 Å². The summed E-state index contributed by atoms with van der Waals surface area (Å²) in [7, 11) is 0. The van der Waals surface area contributed by atoms with Crippen molar-refractivity contribution in [1.29, 1.82) is 0 Å². The first kappa shape index (κ1) is 13.2. The molecule has 2 N–H and O–H groups in total. The second-order valence-corrected chi connectivity index (χ2v) is 4.26. The molecule has 0 aliphatic rings. The topological polar surface area (TPSA) is 50.4 Å². The standard InChI is InChI=1S/C10H22N2O2/c1-5-6-11-7-8-14-9(13)12-10(2,3)4/h11H,5-8H2,1-4H3,(H,12,13). The maximum atomic E-state index is 11.1. The fraction of sp³-hybridized carbons (Fsp3) is 0.900. The summed E-state index contributed by atoms with van der Waals surface area (Å²) >= 11 is 0. The molecule has 0 aromatic carbocycles. The first-order valence-corrected chi connectivity index (χ1v) is 5.11. The minimum Gasteiger partial charge on any atom is -0.448 e. The van der Waals surface area contributed by atoms with Gasteiger partial charge in [-0.2, -0.15) is 0 Å². The highest BCUT2D eigenvalue weighted by atomic mass is 16.5. The van der Waals surface area contributed by atoms with Gasteiger partial charge in [-0.15, -0.1) is 0 Å². The van der Waals surface area contributed by atoms with Crippen molar-refractivity contribution in [3.8, 4) is 0 Å². The molecule has 0 aromatic rings. The van der Waals surface area contributed by atoms with Crippen molar-refractivity contribution in [2.24, 2.45) is 0 Å². The molecule has 0 rings (SSSR count). The highest BCUT2D eigenvalue weighted by Crippen LogP contribution is 1.98. The van der Waals surface area contributed by atoms with Crippen LogP contribution in [0, 0.1) is 0 Å². The predicted octanol–water partition coefficient (Wildman–Crippen LogP) is 1.51. The fourth-order valence-electron chi connectivity index (χ4n) is 0.860. The highest BCUT2D eigenvalue weighted by molar-refractivity contribution is 5.67. The number of nitrogens with one attached hydrogen (secondary N) is 2. The summed E-state index contributed by atoms with van der Waals surface area (Å²) in [6.07, 6.45) is 0.740. The number of carbonyl (C=O) groups excluding carboxylic acids is 1. The van der Waals surface area contributed by atoms with Crippen LogP contribution in [0.15, 0.2) is 0 Å². The molecule has 4 nitrogen and oxygen atoms in total. The highest BCUT2D eigenvalue weighted by Gasteiger charge is 2.13. The molecular weight excluding hydrogens is 180 g/mol. The number of carbonyl (C=O) groups is 1. The van der Waals surface area contributed by atoms with Gasteiger partial charge in [0.1, 0.15) is 6.61 Å². The Kier molecular flexibility index (Phi) is 6.28. The van der Waals surface area contributed by atoms with Gasteiger partial charge in [-0.1, -0.05) is 6.92 Å². The zero-order valence-electron chi connectivity index (χ0n) is 9.64. The van der Waals surface area contributed by atoms with Crippen molar-refractivity contribution < 1.29 is 9.53 Å². The molecule has 0 spiro atoms. The van der Waals surface area contributed by atoms with Gasteiger partial charge >= 0.3 is 6.09 Å². The van der Waals surface area contributed by atoms with Crippen LogP contribution in [0.2, 0.25) is 0 Å². The number of rotatable bonds is 5. The molecule has 0 aromatic heterocycles. The van der Waals surface area contributed by atoms with Crippen molar-refractivity contribution >= 4 is 6.09 Å². The van der Waals surface area contributed by atoms with E-state index in [1.165, 1.54) is 0 Å². The monoisotopic (exact) mass is 202 g/mol. The molecule has 0 aliphatic heterocycles. The molecule has 0 saturated carbocycles. The first-order chi connectivity index (χ1) is 6.45. The summed E-state index contributed by atoms with van der Waals surface area (Å²) in [6, 6.07) is 0. The van der Waals surface area contributed by atoms with E-state index in [9.17, 15) is 4.79 Å². The Morgan fingerprint density at radius 1 is 1.29 bits per heavy atom. The summed E-state index contributed by atoms with van der Waals surface area (Å²) < 4.78 is 4.95. The smallest absolute Gasteiger partial charge is 0.407 e. The Hall–Kier alpha value is -0.770. The Morgan fingerprint density at radius 2 is 1.93 bits per heavy atom. The zero-order valence-corrected chi connectivity index (χ0v) is 9.64. The maximum Gasteiger partial charge on any atom is 0.407 e. The van der Waals surface area contributed by atoms with Crippen molar-refractivity contribution in [3.63, 3.8) is 0 Å². The van der Waals surface area contributed by atoms with Crippen LogP contribution >= 0.6 is 0 Å². The lowest BCUT2D eigenvalue weighted by molar-refractivity contribution is 0.138. The van der Waals surface area contributed by atoms with Crippen molar-refractivity contribution in [3.05, 3.63) is 0 Å². The third kappa shape index (κ3) is 9.32. The third-order valence-corrected chi connectivity index (χ3v) is 1.42. The molecule has 0 heterocycles. The largest absolute Gasteiger partial charge is 0.448 e. The Bertz CT molecular complexity index is 164. The lowest BCUT2D eigenvalue weighted by Gasteiger charge is -2.19. The van der Waals surface area contributed by atoms with E-state index in [1.807, 2.05) is 20.8 Å². The summed E-state index contributed by atoms with van der Waals surface area (Å²) in [5.74, 6) is 0. The number of alkyl carbamates (subject to hydrolysis) is 1. The van der Waals surface area contributed by atoms with Crippen LogP contribution in [0.4, 0.5) is 4.79 Å². The molecule has 0 aliphatic carbocycles. The minimum absolute atomic E-state index is 0.228. The maximum absolute atomic E-state index is 11.1. The number of hydrogen-bond donors (Lipinski definition) is 2. The summed E-state index contributed by atoms with van der Waals surface area (Å²) in [6.45, 7) is 9.95. The number of amides is 1. The average Bonchev–Trinajstić information content (AvgIpc) is 2.00. The SMILES string of the molecule is CCCNCCOC(=O)NC(C)(C)C. The van der Waals surface area contributed by atoms with Gasteiger partial charge in [-0.3, -0.25) is 0 Å². The van der Waals surface area contributed by atoms with Crippen LogP contribution in [0.5, 0.6) is 0 Å². The average molecular weight is 202 g/mol. The van der Waals surface area contributed by atoms with Gasteiger partial charge in [0.2, 0.25) is 0 Å². The van der Waals surface area contributed by atoms with E-state index >= 15 is 0 Å². The second kappa shape index (κ2) is 6.65. The molecule has 0 bridgehead atoms. The molecule has 1 amide bonds. The van der Waals surface area contributed by atoms with E-state index in [0.29, 0.717) is 13.2 Å². The van der Waals surface area contributed by atoms with E-state index in [2.05, 4.69) is 17.6 Å². The van der Waals surface area contributed by atoms with Crippen LogP contribution in [0.1, 0.15) is 34.1 Å². The van der Waals surface area contributed by atoms with Crippen molar-refractivity contribution in [2.45, 2.75) is 39.7 Å². The molecule has 84 valence electrons. The van der Waals surface area contributed by atoms with E-state index in [4.69, 9.17) is 4.74 Å². The summed E-state index contributed by atoms with van der Waals surface area (Å²) in [4.78, 5) is 11.1. The molecule has 0 saturated heterocycles. The first-order valence-electron chi connectivity index (χ1n) is 5.11. The van der Waals surface area contributed by atoms with Crippen LogP contribution in [-0.4, -0.2) is 31.3 Å². The minimum atomic E-state index is -0.351. The molecule has 0 fully saturated rings. The van der Waals surface area contributed by atoms with Crippen molar-refractivity contribution in [1.82, 2.24) is 10.6 Å². The van der Waals surface area contributed by atoms with E-state index in [0.717, 1.165) is 13.0 Å². The molecule has 0 unspecified atom stereocenters. The molecule has 0 atom stereocenters. The van der Waals surface area contributed by atoms with Crippen LogP contribution in [-0.2, 0) is 4.74 Å². The lowest BCUT2D eigenvalue weighted by Crippen LogP contribution is -2.41. The van der Waals surface area contributed by atoms with Gasteiger partial charge in [0.15, 0.2) is 0 Å². The Labute approximate surface area is 86.4 Å². The van der Waals surface area contributed by atoms with Crippen LogP contribution in [0.3, 0.4) is 0 Å².